The van der Waals surface area contributed by atoms with Gasteiger partial charge in [-0.3, -0.25) is 0 Å². The molecule has 0 aliphatic heterocycles. The van der Waals surface area contributed by atoms with E-state index in [0.29, 0.717) is 11.8 Å². The first kappa shape index (κ1) is 17.3. The molecule has 4 rings (SSSR count). The number of fused-ring (bicyclic) bond motifs is 1. The third-order valence-corrected chi connectivity index (χ3v) is 4.77. The van der Waals surface area contributed by atoms with E-state index in [1.165, 1.54) is 5.39 Å². The van der Waals surface area contributed by atoms with Gasteiger partial charge in [0.05, 0.1) is 0 Å². The fraction of sp³-hybridized carbons (Fsp3) is 0.217. The van der Waals surface area contributed by atoms with Gasteiger partial charge < -0.3 is 9.15 Å². The van der Waals surface area contributed by atoms with Gasteiger partial charge in [0.2, 0.25) is 11.8 Å². The first-order chi connectivity index (χ1) is 13.0. The summed E-state index contributed by atoms with van der Waals surface area (Å²) in [4.78, 5) is 0. The summed E-state index contributed by atoms with van der Waals surface area (Å²) in [5, 5.41) is 10.8. The molecule has 0 unspecified atom stereocenters. The van der Waals surface area contributed by atoms with Crippen molar-refractivity contribution in [3.63, 3.8) is 0 Å². The maximum atomic E-state index is 5.99. The van der Waals surface area contributed by atoms with Gasteiger partial charge in [-0.2, -0.15) is 0 Å². The molecule has 0 spiro atoms. The summed E-state index contributed by atoms with van der Waals surface area (Å²) in [5.41, 5.74) is 1.60. The van der Waals surface area contributed by atoms with Gasteiger partial charge in [0.1, 0.15) is 11.4 Å². The van der Waals surface area contributed by atoms with Crippen LogP contribution in [0.5, 0.6) is 5.75 Å². The highest BCUT2D eigenvalue weighted by Crippen LogP contribution is 2.28. The van der Waals surface area contributed by atoms with Crippen LogP contribution in [-0.2, 0) is 0 Å². The molecular formula is C23H22N2O2. The summed E-state index contributed by atoms with van der Waals surface area (Å²) in [5.74, 6) is 1.85. The molecule has 1 heterocycles. The van der Waals surface area contributed by atoms with E-state index >= 15 is 0 Å². The third-order valence-electron chi connectivity index (χ3n) is 4.77. The quantitative estimate of drug-likeness (QED) is 0.431. The summed E-state index contributed by atoms with van der Waals surface area (Å²) in [7, 11) is 0. The van der Waals surface area contributed by atoms with E-state index in [9.17, 15) is 0 Å². The van der Waals surface area contributed by atoms with Crippen molar-refractivity contribution in [3.05, 3.63) is 66.7 Å². The highest BCUT2D eigenvalue weighted by atomic mass is 16.5. The molecule has 4 heteroatoms. The summed E-state index contributed by atoms with van der Waals surface area (Å²) in [6.07, 6.45) is 0.938. The van der Waals surface area contributed by atoms with Crippen molar-refractivity contribution in [1.82, 2.24) is 10.2 Å². The van der Waals surface area contributed by atoms with Gasteiger partial charge >= 0.3 is 0 Å². The smallest absolute Gasteiger partial charge is 0.248 e. The standard InChI is InChI=1S/C23H22N2O2/c1-4-23(2,3)27-20-13-11-17(12-14-20)21-24-25-22(26-21)19-10-9-16-7-5-6-8-18(16)15-19/h5-15H,4H2,1-3H3. The van der Waals surface area contributed by atoms with Crippen molar-refractivity contribution in [2.45, 2.75) is 32.8 Å². The van der Waals surface area contributed by atoms with Gasteiger partial charge in [-0.25, -0.2) is 0 Å². The van der Waals surface area contributed by atoms with E-state index in [1.807, 2.05) is 42.5 Å². The zero-order chi connectivity index (χ0) is 18.9. The molecule has 1 aromatic heterocycles. The summed E-state index contributed by atoms with van der Waals surface area (Å²) >= 11 is 0. The van der Waals surface area contributed by atoms with Crippen LogP contribution < -0.4 is 4.74 Å². The molecule has 3 aromatic carbocycles. The molecule has 0 saturated heterocycles. The molecule has 0 bridgehead atoms. The summed E-state index contributed by atoms with van der Waals surface area (Å²) in [6, 6.07) is 22.1. The minimum absolute atomic E-state index is 0.185. The fourth-order valence-corrected chi connectivity index (χ4v) is 2.84. The summed E-state index contributed by atoms with van der Waals surface area (Å²) < 4.78 is 11.9. The van der Waals surface area contributed by atoms with Gasteiger partial charge in [-0.15, -0.1) is 10.2 Å². The molecular weight excluding hydrogens is 336 g/mol. The molecule has 0 fully saturated rings. The molecule has 0 saturated carbocycles. The highest BCUT2D eigenvalue weighted by molar-refractivity contribution is 5.86. The predicted molar refractivity (Wildman–Crippen MR) is 108 cm³/mol. The van der Waals surface area contributed by atoms with Gasteiger partial charge in [0, 0.05) is 11.1 Å². The Labute approximate surface area is 158 Å². The number of benzene rings is 3. The molecule has 4 nitrogen and oxygen atoms in total. The second-order valence-electron chi connectivity index (χ2n) is 7.21. The maximum absolute atomic E-state index is 5.99. The molecule has 0 N–H and O–H groups in total. The normalized spacial score (nSPS) is 11.7. The van der Waals surface area contributed by atoms with Crippen molar-refractivity contribution >= 4 is 10.8 Å². The number of nitrogens with zero attached hydrogens (tertiary/aromatic N) is 2. The van der Waals surface area contributed by atoms with E-state index in [-0.39, 0.29) is 5.60 Å². The second kappa shape index (κ2) is 6.88. The molecule has 0 aliphatic carbocycles. The Morgan fingerprint density at radius 2 is 1.44 bits per heavy atom. The predicted octanol–water partition coefficient (Wildman–Crippen LogP) is 6.12. The van der Waals surface area contributed by atoms with Crippen molar-refractivity contribution in [3.8, 4) is 28.7 Å². The van der Waals surface area contributed by atoms with Crippen LogP contribution in [-0.4, -0.2) is 15.8 Å². The fourth-order valence-electron chi connectivity index (χ4n) is 2.84. The van der Waals surface area contributed by atoms with Crippen molar-refractivity contribution in [2.75, 3.05) is 0 Å². The van der Waals surface area contributed by atoms with Gasteiger partial charge in [0.15, 0.2) is 0 Å². The average Bonchev–Trinajstić information content (AvgIpc) is 3.18. The Hall–Kier alpha value is -3.14. The highest BCUT2D eigenvalue weighted by Gasteiger charge is 2.17. The molecule has 0 radical (unpaired) electrons. The molecule has 4 aromatic rings. The van der Waals surface area contributed by atoms with Crippen LogP contribution in [0.1, 0.15) is 27.2 Å². The zero-order valence-electron chi connectivity index (χ0n) is 15.8. The van der Waals surface area contributed by atoms with Crippen LogP contribution in [0.15, 0.2) is 71.1 Å². The molecule has 0 amide bonds. The van der Waals surface area contributed by atoms with E-state index in [2.05, 4.69) is 55.2 Å². The van der Waals surface area contributed by atoms with Crippen LogP contribution >= 0.6 is 0 Å². The largest absolute Gasteiger partial charge is 0.488 e. The van der Waals surface area contributed by atoms with E-state index in [4.69, 9.17) is 9.15 Å². The average molecular weight is 358 g/mol. The first-order valence-corrected chi connectivity index (χ1v) is 9.16. The van der Waals surface area contributed by atoms with E-state index < -0.39 is 0 Å². The Morgan fingerprint density at radius 3 is 2.15 bits per heavy atom. The van der Waals surface area contributed by atoms with Crippen LogP contribution in [0.25, 0.3) is 33.7 Å². The molecule has 27 heavy (non-hydrogen) atoms. The number of hydrogen-bond acceptors (Lipinski definition) is 4. The minimum Gasteiger partial charge on any atom is -0.488 e. The third kappa shape index (κ3) is 3.70. The number of ether oxygens (including phenoxy) is 1. The van der Waals surface area contributed by atoms with Gasteiger partial charge in [-0.1, -0.05) is 37.3 Å². The Morgan fingerprint density at radius 1 is 0.815 bits per heavy atom. The van der Waals surface area contributed by atoms with Crippen LogP contribution in [0.3, 0.4) is 0 Å². The van der Waals surface area contributed by atoms with Gasteiger partial charge in [-0.05, 0) is 67.4 Å². The zero-order valence-corrected chi connectivity index (χ0v) is 15.8. The van der Waals surface area contributed by atoms with Crippen molar-refractivity contribution < 1.29 is 9.15 Å². The lowest BCUT2D eigenvalue weighted by Gasteiger charge is -2.24. The molecule has 0 atom stereocenters. The maximum Gasteiger partial charge on any atom is 0.248 e. The molecule has 0 aliphatic rings. The summed E-state index contributed by atoms with van der Waals surface area (Å²) in [6.45, 7) is 6.27. The van der Waals surface area contributed by atoms with Crippen LogP contribution in [0.4, 0.5) is 0 Å². The lowest BCUT2D eigenvalue weighted by molar-refractivity contribution is 0.105. The Bertz CT molecular complexity index is 1070. The monoisotopic (exact) mass is 358 g/mol. The molecule has 136 valence electrons. The lowest BCUT2D eigenvalue weighted by atomic mass is 10.1. The lowest BCUT2D eigenvalue weighted by Crippen LogP contribution is -2.26. The van der Waals surface area contributed by atoms with Crippen molar-refractivity contribution in [1.29, 1.82) is 0 Å². The number of rotatable bonds is 5. The Kier molecular flexibility index (Phi) is 4.40. The van der Waals surface area contributed by atoms with Crippen molar-refractivity contribution in [2.24, 2.45) is 0 Å². The SMILES string of the molecule is CCC(C)(C)Oc1ccc(-c2nnc(-c3ccc4ccccc4c3)o2)cc1. The van der Waals surface area contributed by atoms with Crippen LogP contribution in [0, 0.1) is 0 Å². The number of aromatic nitrogens is 2. The Balaban J connectivity index is 1.58. The first-order valence-electron chi connectivity index (χ1n) is 9.16. The second-order valence-corrected chi connectivity index (χ2v) is 7.21. The van der Waals surface area contributed by atoms with Crippen LogP contribution in [0.2, 0.25) is 0 Å². The van der Waals surface area contributed by atoms with E-state index in [0.717, 1.165) is 28.7 Å². The minimum atomic E-state index is -0.185. The topological polar surface area (TPSA) is 48.2 Å². The van der Waals surface area contributed by atoms with E-state index in [1.54, 1.807) is 0 Å². The number of hydrogen-bond donors (Lipinski definition) is 0. The van der Waals surface area contributed by atoms with Gasteiger partial charge in [0.25, 0.3) is 0 Å².